The van der Waals surface area contributed by atoms with E-state index in [0.717, 1.165) is 101 Å². The maximum absolute atomic E-state index is 13.0. The molecule has 0 radical (unpaired) electrons. The number of rotatable bonds is 9. The number of halogens is 2. The van der Waals surface area contributed by atoms with Crippen molar-refractivity contribution < 1.29 is 19.1 Å². The van der Waals surface area contributed by atoms with Gasteiger partial charge in [0.2, 0.25) is 5.91 Å². The second-order valence-corrected chi connectivity index (χ2v) is 15.4. The molecule has 8 rings (SSSR count). The van der Waals surface area contributed by atoms with E-state index in [2.05, 4.69) is 46.4 Å². The third-order valence-electron chi connectivity index (χ3n) is 11.5. The Labute approximate surface area is 336 Å². The summed E-state index contributed by atoms with van der Waals surface area (Å²) >= 11 is 6.15. The van der Waals surface area contributed by atoms with Crippen LogP contribution in [-0.2, 0) is 4.79 Å². The number of hydrogen-bond donors (Lipinski definition) is 2. The first-order valence-corrected chi connectivity index (χ1v) is 19.6. The van der Waals surface area contributed by atoms with Crippen molar-refractivity contribution in [2.75, 3.05) is 49.1 Å². The quantitative estimate of drug-likeness (QED) is 0.225. The number of nitrogens with one attached hydrogen (secondary N) is 2. The number of pyridine rings is 1. The standard InChI is InChI=1S/C39H44ClN11O4.ClH/c40-32-19-30(4-1-26(32)20-41)55-29-5-2-27(3-6-29)44-38(53)33-7-8-36(47-46-33)49-16-9-25(10-17-49)24-48-14-11-28(12-15-48)51-35-23-42-22-34(31(35)21-43-51)50-18-13-37(52)45-39(50)54;/h1,4,7-8,19,21-23,25,27-29H,2-3,5-6,9-18,24H2,(H,44,53)(H,45,52,54);1H/t27-,29-;. The smallest absolute Gasteiger partial charge is 0.328 e. The molecule has 4 aromatic rings. The topological polar surface area (TPSA) is 174 Å². The molecule has 0 unspecified atom stereocenters. The lowest BCUT2D eigenvalue weighted by Gasteiger charge is -2.38. The third kappa shape index (κ3) is 8.67. The number of likely N-dealkylation sites (tertiary alicyclic amines) is 1. The molecule has 0 atom stereocenters. The van der Waals surface area contributed by atoms with Crippen molar-refractivity contribution in [1.82, 2.24) is 40.5 Å². The van der Waals surface area contributed by atoms with Crippen LogP contribution in [0.25, 0.3) is 10.9 Å². The monoisotopic (exact) mass is 801 g/mol. The fourth-order valence-electron chi connectivity index (χ4n) is 8.35. The Hall–Kier alpha value is -5.04. The second-order valence-electron chi connectivity index (χ2n) is 15.0. The fourth-order valence-corrected chi connectivity index (χ4v) is 8.57. The number of nitriles is 1. The zero-order valence-electron chi connectivity index (χ0n) is 31.0. The number of hydrogen-bond acceptors (Lipinski definition) is 11. The fraction of sp³-hybridized carbons (Fsp3) is 0.487. The van der Waals surface area contributed by atoms with Crippen LogP contribution in [0.2, 0.25) is 5.02 Å². The molecule has 3 aliphatic heterocycles. The molecule has 0 bridgehead atoms. The molecule has 3 aromatic heterocycles. The van der Waals surface area contributed by atoms with Gasteiger partial charge in [-0.1, -0.05) is 11.6 Å². The third-order valence-corrected chi connectivity index (χ3v) is 11.8. The molecule has 1 aromatic carbocycles. The van der Waals surface area contributed by atoms with E-state index < -0.39 is 6.03 Å². The number of piperidine rings is 2. The second kappa shape index (κ2) is 17.4. The van der Waals surface area contributed by atoms with Gasteiger partial charge in [0, 0.05) is 63.2 Å². The zero-order chi connectivity index (χ0) is 37.9. The van der Waals surface area contributed by atoms with Crippen LogP contribution in [0.1, 0.15) is 79.9 Å². The lowest BCUT2D eigenvalue weighted by molar-refractivity contribution is -0.120. The first-order chi connectivity index (χ1) is 26.8. The number of benzene rings is 1. The predicted molar refractivity (Wildman–Crippen MR) is 212 cm³/mol. The SMILES string of the molecule is Cl.N#Cc1ccc(O[C@H]2CC[C@H](NC(=O)c3ccc(N4CCC(CN5CCC(n6ncc7c(N8CCC(=O)NC8=O)cncc76)CC5)CC4)nn3)CC2)cc1Cl. The van der Waals surface area contributed by atoms with Gasteiger partial charge in [0.05, 0.1) is 52.5 Å². The van der Waals surface area contributed by atoms with Crippen LogP contribution in [0.3, 0.4) is 0 Å². The number of carbonyl (C=O) groups is 3. The lowest BCUT2D eigenvalue weighted by atomic mass is 9.92. The van der Waals surface area contributed by atoms with Crippen molar-refractivity contribution in [2.45, 2.75) is 76.0 Å². The van der Waals surface area contributed by atoms with Gasteiger partial charge >= 0.3 is 6.03 Å². The van der Waals surface area contributed by atoms with Crippen molar-refractivity contribution in [3.05, 3.63) is 65.2 Å². The number of fused-ring (bicyclic) bond motifs is 1. The number of nitrogens with zero attached hydrogens (tertiary/aromatic N) is 9. The molecule has 4 amide bonds. The summed E-state index contributed by atoms with van der Waals surface area (Å²) in [5, 5.41) is 29.3. The zero-order valence-corrected chi connectivity index (χ0v) is 32.6. The van der Waals surface area contributed by atoms with Gasteiger partial charge in [-0.3, -0.25) is 29.5 Å². The molecule has 4 fully saturated rings. The molecule has 1 saturated carbocycles. The normalized spacial score (nSPS) is 21.3. The van der Waals surface area contributed by atoms with Crippen LogP contribution in [0, 0.1) is 17.2 Å². The Morgan fingerprint density at radius 1 is 0.946 bits per heavy atom. The molecule has 17 heteroatoms. The number of imide groups is 1. The Morgan fingerprint density at radius 3 is 2.43 bits per heavy atom. The van der Waals surface area contributed by atoms with E-state index >= 15 is 0 Å². The van der Waals surface area contributed by atoms with Gasteiger partial charge in [-0.25, -0.2) is 4.79 Å². The molecule has 0 spiro atoms. The van der Waals surface area contributed by atoms with Gasteiger partial charge in [0.1, 0.15) is 11.8 Å². The summed E-state index contributed by atoms with van der Waals surface area (Å²) in [6.45, 7) is 5.19. The molecule has 56 heavy (non-hydrogen) atoms. The summed E-state index contributed by atoms with van der Waals surface area (Å²) in [7, 11) is 0. The van der Waals surface area contributed by atoms with Gasteiger partial charge < -0.3 is 19.9 Å². The average molecular weight is 803 g/mol. The maximum Gasteiger partial charge on any atom is 0.328 e. The van der Waals surface area contributed by atoms with Gasteiger partial charge in [0.15, 0.2) is 11.5 Å². The largest absolute Gasteiger partial charge is 0.490 e. The Morgan fingerprint density at radius 2 is 1.73 bits per heavy atom. The highest BCUT2D eigenvalue weighted by Crippen LogP contribution is 2.33. The molecule has 1 aliphatic carbocycles. The highest BCUT2D eigenvalue weighted by molar-refractivity contribution is 6.31. The van der Waals surface area contributed by atoms with Gasteiger partial charge in [-0.2, -0.15) is 10.4 Å². The van der Waals surface area contributed by atoms with E-state index in [9.17, 15) is 14.4 Å². The van der Waals surface area contributed by atoms with Crippen molar-refractivity contribution in [3.63, 3.8) is 0 Å². The summed E-state index contributed by atoms with van der Waals surface area (Å²) in [4.78, 5) is 48.0. The van der Waals surface area contributed by atoms with Gasteiger partial charge in [-0.05, 0) is 81.5 Å². The van der Waals surface area contributed by atoms with Crippen molar-refractivity contribution >= 4 is 64.3 Å². The summed E-state index contributed by atoms with van der Waals surface area (Å²) in [5.74, 6) is 1.58. The number of urea groups is 1. The molecular formula is C39H45Cl2N11O4. The first kappa shape index (κ1) is 39.2. The predicted octanol–water partition coefficient (Wildman–Crippen LogP) is 5.29. The molecule has 294 valence electrons. The van der Waals surface area contributed by atoms with Crippen LogP contribution in [0.4, 0.5) is 16.3 Å². The van der Waals surface area contributed by atoms with E-state index in [-0.39, 0.29) is 48.8 Å². The molecule has 15 nitrogen and oxygen atoms in total. The van der Waals surface area contributed by atoms with Crippen molar-refractivity contribution in [3.8, 4) is 11.8 Å². The highest BCUT2D eigenvalue weighted by atomic mass is 35.5. The molecular weight excluding hydrogens is 757 g/mol. The van der Waals surface area contributed by atoms with E-state index in [1.165, 1.54) is 0 Å². The minimum Gasteiger partial charge on any atom is -0.490 e. The van der Waals surface area contributed by atoms with Crippen molar-refractivity contribution in [1.29, 1.82) is 5.26 Å². The number of aromatic nitrogens is 5. The molecule has 2 N–H and O–H groups in total. The van der Waals surface area contributed by atoms with Crippen LogP contribution in [0.5, 0.6) is 5.75 Å². The minimum atomic E-state index is -0.421. The number of anilines is 2. The van der Waals surface area contributed by atoms with Crippen LogP contribution < -0.4 is 25.2 Å². The number of ether oxygens (including phenoxy) is 1. The Balaban J connectivity index is 0.00000480. The van der Waals surface area contributed by atoms with E-state index in [1.807, 2.05) is 18.5 Å². The Kier molecular flexibility index (Phi) is 12.2. The number of carbonyl (C=O) groups excluding carboxylic acids is 3. The van der Waals surface area contributed by atoms with E-state index in [0.29, 0.717) is 40.2 Å². The minimum absolute atomic E-state index is 0. The van der Waals surface area contributed by atoms with Crippen LogP contribution in [0.15, 0.2) is 48.9 Å². The molecule has 3 saturated heterocycles. The Bertz CT molecular complexity index is 2080. The highest BCUT2D eigenvalue weighted by Gasteiger charge is 2.30. The lowest BCUT2D eigenvalue weighted by Crippen LogP contribution is -2.49. The summed E-state index contributed by atoms with van der Waals surface area (Å²) in [6.07, 6.45) is 12.9. The van der Waals surface area contributed by atoms with E-state index in [4.69, 9.17) is 26.7 Å². The average Bonchev–Trinajstić information content (AvgIpc) is 3.64. The molecule has 6 heterocycles. The first-order valence-electron chi connectivity index (χ1n) is 19.2. The van der Waals surface area contributed by atoms with Gasteiger partial charge in [-0.15, -0.1) is 22.6 Å². The summed E-state index contributed by atoms with van der Waals surface area (Å²) < 4.78 is 8.14. The van der Waals surface area contributed by atoms with Crippen LogP contribution >= 0.6 is 24.0 Å². The maximum atomic E-state index is 13.0. The molecule has 4 aliphatic rings. The summed E-state index contributed by atoms with van der Waals surface area (Å²) in [6, 6.07) is 10.7. The summed E-state index contributed by atoms with van der Waals surface area (Å²) in [5.41, 5.74) is 2.32. The van der Waals surface area contributed by atoms with Crippen molar-refractivity contribution in [2.24, 2.45) is 5.92 Å². The van der Waals surface area contributed by atoms with Gasteiger partial charge in [0.25, 0.3) is 5.91 Å². The van der Waals surface area contributed by atoms with Crippen LogP contribution in [-0.4, -0.2) is 99.1 Å². The number of amides is 4. The van der Waals surface area contributed by atoms with E-state index in [1.54, 1.807) is 35.4 Å².